The molecule has 0 saturated carbocycles. The molecule has 0 unspecified atom stereocenters. The third-order valence-electron chi connectivity index (χ3n) is 11.8. The lowest BCUT2D eigenvalue weighted by Crippen LogP contribution is -2.48. The SMILES string of the molecule is COc1ccc(CN(Cc2ccc(OC)cc2)S(=O)(=O)c2c(S(=O)(=O)NCCN(C(=O)O)C(C)(C)C)ccc(-c3ccc4ncn(CCNC(=O)OC(C)(C)C)c4c3)c2-c2nnn(Cc3ccc(OC)cc3)n2)cc1. The molecule has 2 amide bonds. The Labute approximate surface area is 436 Å². The minimum Gasteiger partial charge on any atom is -0.497 e. The zero-order chi connectivity index (χ0) is 54.3. The van der Waals surface area contributed by atoms with Gasteiger partial charge in [-0.1, -0.05) is 48.5 Å². The first-order valence-corrected chi connectivity index (χ1v) is 26.7. The van der Waals surface area contributed by atoms with Gasteiger partial charge in [0.1, 0.15) is 32.6 Å². The first-order chi connectivity index (χ1) is 35.5. The molecule has 0 spiro atoms. The van der Waals surface area contributed by atoms with Crippen molar-refractivity contribution in [2.45, 2.75) is 88.7 Å². The van der Waals surface area contributed by atoms with Crippen LogP contribution in [0.1, 0.15) is 58.2 Å². The van der Waals surface area contributed by atoms with Gasteiger partial charge in [-0.25, -0.2) is 36.1 Å². The molecule has 2 heterocycles. The van der Waals surface area contributed by atoms with Crippen molar-refractivity contribution in [1.82, 2.24) is 49.0 Å². The van der Waals surface area contributed by atoms with Crippen LogP contribution in [0.4, 0.5) is 9.59 Å². The normalized spacial score (nSPS) is 12.2. The lowest BCUT2D eigenvalue weighted by atomic mass is 9.98. The van der Waals surface area contributed by atoms with Gasteiger partial charge in [0.2, 0.25) is 25.9 Å². The van der Waals surface area contributed by atoms with Crippen LogP contribution in [0.15, 0.2) is 119 Å². The van der Waals surface area contributed by atoms with Crippen LogP contribution in [0.5, 0.6) is 17.2 Å². The molecule has 2 aromatic heterocycles. The van der Waals surface area contributed by atoms with E-state index < -0.39 is 59.7 Å². The van der Waals surface area contributed by atoms with E-state index in [0.717, 1.165) is 10.5 Å². The van der Waals surface area contributed by atoms with Gasteiger partial charge in [-0.05, 0) is 129 Å². The van der Waals surface area contributed by atoms with Crippen molar-refractivity contribution in [1.29, 1.82) is 0 Å². The second kappa shape index (κ2) is 22.9. The number of ether oxygens (including phenoxy) is 4. The zero-order valence-electron chi connectivity index (χ0n) is 43.3. The zero-order valence-corrected chi connectivity index (χ0v) is 44.9. The Kier molecular flexibility index (Phi) is 16.8. The van der Waals surface area contributed by atoms with E-state index in [9.17, 15) is 14.7 Å². The third kappa shape index (κ3) is 13.6. The highest BCUT2D eigenvalue weighted by atomic mass is 32.2. The number of tetrazole rings is 1. The fourth-order valence-corrected chi connectivity index (χ4v) is 11.5. The molecule has 7 rings (SSSR count). The second-order valence-corrected chi connectivity index (χ2v) is 23.0. The van der Waals surface area contributed by atoms with Crippen LogP contribution in [0.2, 0.25) is 0 Å². The van der Waals surface area contributed by atoms with Crippen molar-refractivity contribution in [3.8, 4) is 39.8 Å². The highest BCUT2D eigenvalue weighted by molar-refractivity contribution is 7.92. The highest BCUT2D eigenvalue weighted by Crippen LogP contribution is 2.42. The van der Waals surface area contributed by atoms with Crippen LogP contribution in [0.3, 0.4) is 0 Å². The molecule has 0 radical (unpaired) electrons. The number of carbonyl (C=O) groups excluding carboxylic acids is 1. The Morgan fingerprint density at radius 3 is 1.84 bits per heavy atom. The molecule has 0 aliphatic rings. The Balaban J connectivity index is 1.46. The molecule has 0 atom stereocenters. The molecule has 3 N–H and O–H groups in total. The molecular weight excluding hydrogens is 1000 g/mol. The summed E-state index contributed by atoms with van der Waals surface area (Å²) in [5.41, 5.74) is 1.88. The molecule has 7 aromatic rings. The first kappa shape index (κ1) is 55.2. The number of amides is 2. The topological polar surface area (TPSA) is 252 Å². The van der Waals surface area contributed by atoms with E-state index in [4.69, 9.17) is 24.0 Å². The van der Waals surface area contributed by atoms with Crippen molar-refractivity contribution in [2.75, 3.05) is 41.0 Å². The van der Waals surface area contributed by atoms with Crippen LogP contribution in [-0.2, 0) is 51.0 Å². The van der Waals surface area contributed by atoms with Crippen molar-refractivity contribution in [3.05, 3.63) is 126 Å². The van der Waals surface area contributed by atoms with Gasteiger partial charge < -0.3 is 38.8 Å². The number of hydrogen-bond acceptors (Lipinski definition) is 14. The Morgan fingerprint density at radius 1 is 0.733 bits per heavy atom. The number of carboxylic acid groups (broad SMARTS) is 1. The molecule has 21 nitrogen and oxygen atoms in total. The third-order valence-corrected chi connectivity index (χ3v) is 15.3. The molecule has 75 heavy (non-hydrogen) atoms. The average Bonchev–Trinajstić information content (AvgIpc) is 4.00. The van der Waals surface area contributed by atoms with Gasteiger partial charge in [0.25, 0.3) is 0 Å². The summed E-state index contributed by atoms with van der Waals surface area (Å²) in [7, 11) is -5.28. The lowest BCUT2D eigenvalue weighted by Gasteiger charge is -2.33. The summed E-state index contributed by atoms with van der Waals surface area (Å²) in [6.45, 7) is 9.68. The van der Waals surface area contributed by atoms with E-state index in [-0.39, 0.29) is 56.2 Å². The Hall–Kier alpha value is -7.60. The number of alkyl carbamates (subject to hydrolysis) is 1. The first-order valence-electron chi connectivity index (χ1n) is 23.8. The van der Waals surface area contributed by atoms with Crippen molar-refractivity contribution >= 4 is 43.3 Å². The van der Waals surface area contributed by atoms with E-state index in [0.29, 0.717) is 45.0 Å². The van der Waals surface area contributed by atoms with Crippen molar-refractivity contribution < 1.29 is 50.5 Å². The predicted octanol–water partition coefficient (Wildman–Crippen LogP) is 7.40. The van der Waals surface area contributed by atoms with Gasteiger partial charge in [0.05, 0.1) is 50.8 Å². The van der Waals surface area contributed by atoms with E-state index in [1.54, 1.807) is 134 Å². The van der Waals surface area contributed by atoms with Crippen LogP contribution in [0, 0.1) is 0 Å². The maximum absolute atomic E-state index is 16.2. The fraction of sp³-hybridized carbons (Fsp3) is 0.346. The van der Waals surface area contributed by atoms with Crippen molar-refractivity contribution in [2.24, 2.45) is 0 Å². The second-order valence-electron chi connectivity index (χ2n) is 19.3. The predicted molar refractivity (Wildman–Crippen MR) is 280 cm³/mol. The van der Waals surface area contributed by atoms with Gasteiger partial charge in [-0.3, -0.25) is 0 Å². The number of nitrogens with zero attached hydrogens (tertiary/aromatic N) is 8. The monoisotopic (exact) mass is 1070 g/mol. The summed E-state index contributed by atoms with van der Waals surface area (Å²) in [5.74, 6) is 1.47. The van der Waals surface area contributed by atoms with Crippen LogP contribution in [0.25, 0.3) is 33.5 Å². The molecule has 0 saturated heterocycles. The number of benzene rings is 5. The lowest BCUT2D eigenvalue weighted by molar-refractivity contribution is 0.0526. The molecule has 0 aliphatic heterocycles. The summed E-state index contributed by atoms with van der Waals surface area (Å²) in [5, 5.41) is 26.4. The van der Waals surface area contributed by atoms with Crippen LogP contribution in [-0.4, -0.2) is 125 Å². The number of imidazole rings is 1. The maximum Gasteiger partial charge on any atom is 0.407 e. The maximum atomic E-state index is 16.2. The van der Waals surface area contributed by atoms with Gasteiger partial charge in [0, 0.05) is 44.8 Å². The number of hydrogen-bond donors (Lipinski definition) is 3. The molecule has 398 valence electrons. The molecule has 23 heteroatoms. The summed E-state index contributed by atoms with van der Waals surface area (Å²) in [4.78, 5) is 30.5. The standard InChI is InChI=1S/C52H62N10O11S2/c1-51(2,3)61(50(64)65)29-27-55-74(66,67)45-25-23-42(38-16-24-43-44(30-38)59(34-54-43)28-26-53-49(63)73-52(4,5)6)46(48-56-58-62(57-48)33-37-14-21-41(72-9)22-15-37)47(45)75(68,69)60(31-35-10-17-39(70-7)18-11-35)32-36-12-19-40(71-8)20-13-36/h10-25,30,34,55H,26-29,31-33H2,1-9H3,(H,53,63)(H,64,65). The minimum absolute atomic E-state index is 0.0886. The molecule has 0 bridgehead atoms. The number of fused-ring (bicyclic) bond motifs is 1. The van der Waals surface area contributed by atoms with Gasteiger partial charge in [-0.2, -0.15) is 9.10 Å². The largest absolute Gasteiger partial charge is 0.497 e. The average molecular weight is 1070 g/mol. The fourth-order valence-electron chi connectivity index (χ4n) is 8.11. The molecule has 5 aromatic carbocycles. The summed E-state index contributed by atoms with van der Waals surface area (Å²) in [6.07, 6.45) is -0.257. The Morgan fingerprint density at radius 2 is 1.31 bits per heavy atom. The van der Waals surface area contributed by atoms with E-state index in [2.05, 4.69) is 25.3 Å². The number of sulfonamides is 2. The van der Waals surface area contributed by atoms with Crippen LogP contribution < -0.4 is 24.2 Å². The number of nitrogens with one attached hydrogen (secondary N) is 2. The summed E-state index contributed by atoms with van der Waals surface area (Å²) in [6, 6.07) is 28.7. The molecular formula is C52H62N10O11S2. The quantitative estimate of drug-likeness (QED) is 0.0634. The van der Waals surface area contributed by atoms with Gasteiger partial charge in [-0.15, -0.1) is 10.2 Å². The Bertz CT molecular complexity index is 3300. The van der Waals surface area contributed by atoms with Gasteiger partial charge in [0.15, 0.2) is 0 Å². The molecule has 0 aliphatic carbocycles. The van der Waals surface area contributed by atoms with Crippen molar-refractivity contribution in [3.63, 3.8) is 0 Å². The summed E-state index contributed by atoms with van der Waals surface area (Å²) >= 11 is 0. The van der Waals surface area contributed by atoms with Gasteiger partial charge >= 0.3 is 12.2 Å². The number of methoxy groups -OCH3 is 3. The minimum atomic E-state index is -5.01. The number of carbonyl (C=O) groups is 2. The van der Waals surface area contributed by atoms with E-state index >= 15 is 16.8 Å². The highest BCUT2D eigenvalue weighted by Gasteiger charge is 2.38. The number of aromatic nitrogens is 6. The number of rotatable bonds is 21. The van der Waals surface area contributed by atoms with E-state index in [1.165, 1.54) is 35.5 Å². The summed E-state index contributed by atoms with van der Waals surface area (Å²) < 4.78 is 89.5. The molecule has 0 fully saturated rings. The smallest absolute Gasteiger partial charge is 0.407 e. The van der Waals surface area contributed by atoms with E-state index in [1.807, 2.05) is 16.7 Å². The van der Waals surface area contributed by atoms with Crippen LogP contribution >= 0.6 is 0 Å².